The fourth-order valence-electron chi connectivity index (χ4n) is 2.95. The van der Waals surface area contributed by atoms with Crippen LogP contribution in [0.2, 0.25) is 0 Å². The van der Waals surface area contributed by atoms with Gasteiger partial charge in [-0.2, -0.15) is 0 Å². The van der Waals surface area contributed by atoms with Crippen LogP contribution in [-0.4, -0.2) is 4.98 Å². The van der Waals surface area contributed by atoms with Gasteiger partial charge in [0.1, 0.15) is 0 Å². The summed E-state index contributed by atoms with van der Waals surface area (Å²) >= 11 is 2.33. The van der Waals surface area contributed by atoms with E-state index in [-0.39, 0.29) is 0 Å². The number of fused-ring (bicyclic) bond motifs is 3. The number of hydrogen-bond donors (Lipinski definition) is 0. The predicted molar refractivity (Wildman–Crippen MR) is 102 cm³/mol. The summed E-state index contributed by atoms with van der Waals surface area (Å²) in [7, 11) is 0. The minimum absolute atomic E-state index is 1.06. The Morgan fingerprint density at radius 3 is 2.18 bits per heavy atom. The molecule has 0 saturated heterocycles. The Kier molecular flexibility index (Phi) is 3.34. The number of aryl methyl sites for hydroxylation is 1. The van der Waals surface area contributed by atoms with Crippen LogP contribution in [0.25, 0.3) is 32.9 Å². The molecule has 0 unspecified atom stereocenters. The first kappa shape index (κ1) is 13.7. The Hall–Kier alpha value is -1.94. The third-order valence-corrected chi connectivity index (χ3v) is 4.77. The average Bonchev–Trinajstić information content (AvgIpc) is 2.55. The third kappa shape index (κ3) is 2.18. The Bertz CT molecular complexity index is 988. The summed E-state index contributed by atoms with van der Waals surface area (Å²) in [5.41, 5.74) is 4.54. The summed E-state index contributed by atoms with van der Waals surface area (Å²) in [6.45, 7) is 2.13. The number of aromatic nitrogens is 1. The van der Waals surface area contributed by atoms with Gasteiger partial charge in [0.05, 0.1) is 11.2 Å². The Morgan fingerprint density at radius 1 is 0.727 bits per heavy atom. The molecule has 0 atom stereocenters. The lowest BCUT2D eigenvalue weighted by molar-refractivity contribution is 1.38. The number of hydrogen-bond acceptors (Lipinski definition) is 1. The molecular weight excluding hydrogens is 381 g/mol. The summed E-state index contributed by atoms with van der Waals surface area (Å²) in [5.74, 6) is 0. The second-order valence-corrected chi connectivity index (χ2v) is 6.73. The first-order valence-corrected chi connectivity index (χ1v) is 8.36. The number of para-hydroxylation sites is 1. The van der Waals surface area contributed by atoms with Crippen LogP contribution < -0.4 is 0 Å². The van der Waals surface area contributed by atoms with Gasteiger partial charge in [-0.3, -0.25) is 0 Å². The third-order valence-electron chi connectivity index (χ3n) is 4.05. The SMILES string of the molecule is Cc1cccc2c1nc(-c1ccc(I)cc1)c1ccccc12. The molecule has 0 fully saturated rings. The van der Waals surface area contributed by atoms with Crippen molar-refractivity contribution in [3.05, 3.63) is 75.9 Å². The minimum atomic E-state index is 1.06. The largest absolute Gasteiger partial charge is 0.247 e. The molecule has 0 spiro atoms. The highest BCUT2D eigenvalue weighted by Crippen LogP contribution is 2.33. The van der Waals surface area contributed by atoms with Gasteiger partial charge in [0, 0.05) is 19.9 Å². The lowest BCUT2D eigenvalue weighted by Crippen LogP contribution is -1.91. The van der Waals surface area contributed by atoms with Crippen molar-refractivity contribution in [2.45, 2.75) is 6.92 Å². The molecule has 0 aliphatic rings. The fourth-order valence-corrected chi connectivity index (χ4v) is 3.31. The topological polar surface area (TPSA) is 12.9 Å². The highest BCUT2D eigenvalue weighted by Gasteiger charge is 2.10. The van der Waals surface area contributed by atoms with Gasteiger partial charge in [0.15, 0.2) is 0 Å². The van der Waals surface area contributed by atoms with Crippen LogP contribution in [0.1, 0.15) is 5.56 Å². The maximum atomic E-state index is 5.00. The first-order chi connectivity index (χ1) is 10.7. The van der Waals surface area contributed by atoms with Crippen LogP contribution in [0.15, 0.2) is 66.7 Å². The van der Waals surface area contributed by atoms with E-state index in [1.807, 2.05) is 0 Å². The van der Waals surface area contributed by atoms with Crippen molar-refractivity contribution in [2.24, 2.45) is 0 Å². The molecule has 4 aromatic rings. The molecule has 0 radical (unpaired) electrons. The molecule has 106 valence electrons. The molecular formula is C20H14IN. The number of pyridine rings is 1. The van der Waals surface area contributed by atoms with Gasteiger partial charge in [-0.15, -0.1) is 0 Å². The van der Waals surface area contributed by atoms with Crippen LogP contribution in [0.3, 0.4) is 0 Å². The van der Waals surface area contributed by atoms with E-state index in [1.54, 1.807) is 0 Å². The maximum absolute atomic E-state index is 5.00. The highest BCUT2D eigenvalue weighted by molar-refractivity contribution is 14.1. The van der Waals surface area contributed by atoms with Crippen molar-refractivity contribution >= 4 is 44.3 Å². The van der Waals surface area contributed by atoms with E-state index >= 15 is 0 Å². The van der Waals surface area contributed by atoms with Gasteiger partial charge >= 0.3 is 0 Å². The van der Waals surface area contributed by atoms with E-state index in [2.05, 4.69) is 96.2 Å². The van der Waals surface area contributed by atoms with Gasteiger partial charge in [0.25, 0.3) is 0 Å². The Balaban J connectivity index is 2.16. The summed E-state index contributed by atoms with van der Waals surface area (Å²) in [6, 6.07) is 23.5. The molecule has 0 N–H and O–H groups in total. The second-order valence-electron chi connectivity index (χ2n) is 5.48. The monoisotopic (exact) mass is 395 g/mol. The van der Waals surface area contributed by atoms with E-state index in [9.17, 15) is 0 Å². The smallest absolute Gasteiger partial charge is 0.0788 e. The number of rotatable bonds is 1. The normalized spacial score (nSPS) is 11.2. The number of benzene rings is 3. The first-order valence-electron chi connectivity index (χ1n) is 7.28. The van der Waals surface area contributed by atoms with Gasteiger partial charge < -0.3 is 0 Å². The lowest BCUT2D eigenvalue weighted by atomic mass is 9.99. The van der Waals surface area contributed by atoms with Crippen LogP contribution >= 0.6 is 22.6 Å². The Labute approximate surface area is 143 Å². The molecule has 0 bridgehead atoms. The van der Waals surface area contributed by atoms with Crippen LogP contribution in [0, 0.1) is 10.5 Å². The zero-order valence-corrected chi connectivity index (χ0v) is 14.3. The van der Waals surface area contributed by atoms with E-state index < -0.39 is 0 Å². The molecule has 0 aliphatic heterocycles. The zero-order valence-electron chi connectivity index (χ0n) is 12.2. The molecule has 1 heterocycles. The van der Waals surface area contributed by atoms with Crippen LogP contribution in [-0.2, 0) is 0 Å². The molecule has 1 nitrogen and oxygen atoms in total. The van der Waals surface area contributed by atoms with E-state index in [4.69, 9.17) is 4.98 Å². The van der Waals surface area contributed by atoms with E-state index in [0.717, 1.165) is 11.2 Å². The lowest BCUT2D eigenvalue weighted by Gasteiger charge is -2.11. The Morgan fingerprint density at radius 2 is 1.41 bits per heavy atom. The molecule has 2 heteroatoms. The van der Waals surface area contributed by atoms with Crippen molar-refractivity contribution in [2.75, 3.05) is 0 Å². The molecule has 1 aromatic heterocycles. The molecule has 0 amide bonds. The molecule has 4 rings (SSSR count). The summed E-state index contributed by atoms with van der Waals surface area (Å²) in [6.07, 6.45) is 0. The standard InChI is InChI=1S/C20H14IN/c1-13-5-4-8-17-16-6-2-3-7-18(16)20(22-19(13)17)14-9-11-15(21)12-10-14/h2-12H,1H3. The summed E-state index contributed by atoms with van der Waals surface area (Å²) < 4.78 is 1.24. The number of nitrogens with zero attached hydrogens (tertiary/aromatic N) is 1. The van der Waals surface area contributed by atoms with Crippen molar-refractivity contribution in [3.63, 3.8) is 0 Å². The minimum Gasteiger partial charge on any atom is -0.247 e. The molecule has 0 saturated carbocycles. The molecule has 0 aliphatic carbocycles. The fraction of sp³-hybridized carbons (Fsp3) is 0.0500. The molecule has 22 heavy (non-hydrogen) atoms. The van der Waals surface area contributed by atoms with Crippen LogP contribution in [0.4, 0.5) is 0 Å². The van der Waals surface area contributed by atoms with Crippen molar-refractivity contribution in [1.29, 1.82) is 0 Å². The zero-order chi connectivity index (χ0) is 15.1. The van der Waals surface area contributed by atoms with E-state index in [1.165, 1.54) is 30.9 Å². The van der Waals surface area contributed by atoms with Gasteiger partial charge in [-0.25, -0.2) is 4.98 Å². The van der Waals surface area contributed by atoms with Crippen LogP contribution in [0.5, 0.6) is 0 Å². The van der Waals surface area contributed by atoms with Gasteiger partial charge in [-0.05, 0) is 52.6 Å². The van der Waals surface area contributed by atoms with Crippen molar-refractivity contribution in [1.82, 2.24) is 4.98 Å². The summed E-state index contributed by atoms with van der Waals surface area (Å²) in [4.78, 5) is 5.00. The highest BCUT2D eigenvalue weighted by atomic mass is 127. The van der Waals surface area contributed by atoms with Crippen molar-refractivity contribution in [3.8, 4) is 11.3 Å². The van der Waals surface area contributed by atoms with E-state index in [0.29, 0.717) is 0 Å². The maximum Gasteiger partial charge on any atom is 0.0788 e. The quantitative estimate of drug-likeness (QED) is 0.286. The second kappa shape index (κ2) is 5.36. The summed E-state index contributed by atoms with van der Waals surface area (Å²) in [5, 5.41) is 3.71. The van der Waals surface area contributed by atoms with Gasteiger partial charge in [-0.1, -0.05) is 54.6 Å². The predicted octanol–water partition coefficient (Wildman–Crippen LogP) is 5.97. The average molecular weight is 395 g/mol. The number of halogens is 1. The molecule has 3 aromatic carbocycles. The van der Waals surface area contributed by atoms with Crippen molar-refractivity contribution < 1.29 is 0 Å². The van der Waals surface area contributed by atoms with Gasteiger partial charge in [0.2, 0.25) is 0 Å².